The third-order valence-electron chi connectivity index (χ3n) is 0.730. The second-order valence-electron chi connectivity index (χ2n) is 1.56. The molecule has 0 aliphatic carbocycles. The highest BCUT2D eigenvalue weighted by atomic mass is 32.7. The van der Waals surface area contributed by atoms with Gasteiger partial charge in [0.2, 0.25) is 0 Å². The van der Waals surface area contributed by atoms with Gasteiger partial charge in [0.1, 0.15) is 0 Å². The molecular formula is C4H12NO2PS. The summed E-state index contributed by atoms with van der Waals surface area (Å²) in [5.41, 5.74) is 5.20. The van der Waals surface area contributed by atoms with Gasteiger partial charge in [-0.3, -0.25) is 10.1 Å². The fourth-order valence-corrected chi connectivity index (χ4v) is 2.44. The van der Waals surface area contributed by atoms with E-state index >= 15 is 0 Å². The molecule has 3 nitrogen and oxygen atoms in total. The molecule has 0 heterocycles. The van der Waals surface area contributed by atoms with Gasteiger partial charge in [0.25, 0.3) is 0 Å². The van der Waals surface area contributed by atoms with Crippen molar-refractivity contribution in [2.75, 3.05) is 12.9 Å². The molecule has 9 heavy (non-hydrogen) atoms. The number of hydrogen-bond acceptors (Lipinski definition) is 3. The first-order valence-corrected chi connectivity index (χ1v) is 5.99. The maximum absolute atomic E-state index is 10.9. The minimum absolute atomic E-state index is 0.793. The van der Waals surface area contributed by atoms with E-state index < -0.39 is 6.72 Å². The smallest absolute Gasteiger partial charge is 0.313 e. The van der Waals surface area contributed by atoms with E-state index in [4.69, 9.17) is 5.50 Å². The largest absolute Gasteiger partial charge is 0.323 e. The summed E-state index contributed by atoms with van der Waals surface area (Å²) in [6, 6.07) is 0. The first-order valence-electron chi connectivity index (χ1n) is 2.71. The molecule has 0 aromatic heterocycles. The van der Waals surface area contributed by atoms with Gasteiger partial charge in [-0.2, -0.15) is 0 Å². The van der Waals surface area contributed by atoms with Crippen LogP contribution < -0.4 is 5.50 Å². The van der Waals surface area contributed by atoms with E-state index in [1.807, 2.05) is 6.92 Å². The minimum Gasteiger partial charge on any atom is -0.313 e. The fraction of sp³-hybridized carbons (Fsp3) is 1.00. The highest BCUT2D eigenvalue weighted by molar-refractivity contribution is 8.55. The van der Waals surface area contributed by atoms with Crippen molar-refractivity contribution in [3.05, 3.63) is 0 Å². The number of hydrogen-bond donors (Lipinski definition) is 1. The molecule has 0 saturated carbocycles. The van der Waals surface area contributed by atoms with Crippen LogP contribution >= 0.6 is 18.1 Å². The Hall–Kier alpha value is 0.500. The third-order valence-corrected chi connectivity index (χ3v) is 4.26. The van der Waals surface area contributed by atoms with Crippen molar-refractivity contribution in [1.29, 1.82) is 0 Å². The summed E-state index contributed by atoms with van der Waals surface area (Å²) in [6.07, 6.45) is 0.967. The van der Waals surface area contributed by atoms with Crippen molar-refractivity contribution in [2.24, 2.45) is 5.50 Å². The SMILES string of the molecule is CCCSP(N)(=O)OC. The molecule has 0 amide bonds. The van der Waals surface area contributed by atoms with Gasteiger partial charge in [0.05, 0.1) is 0 Å². The van der Waals surface area contributed by atoms with Gasteiger partial charge in [-0.15, -0.1) is 0 Å². The van der Waals surface area contributed by atoms with Gasteiger partial charge in [0, 0.05) is 12.9 Å². The lowest BCUT2D eigenvalue weighted by Gasteiger charge is -2.06. The van der Waals surface area contributed by atoms with Crippen LogP contribution in [0.25, 0.3) is 0 Å². The van der Waals surface area contributed by atoms with Crippen molar-refractivity contribution in [1.82, 2.24) is 0 Å². The standard InChI is InChI=1S/C4H12NO2PS/c1-3-4-9-8(5,6)7-2/h3-4H2,1-2H3,(H2,5,6). The van der Waals surface area contributed by atoms with E-state index in [0.29, 0.717) is 0 Å². The van der Waals surface area contributed by atoms with E-state index in [1.54, 1.807) is 0 Å². The second-order valence-corrected chi connectivity index (χ2v) is 5.97. The second kappa shape index (κ2) is 4.34. The normalized spacial score (nSPS) is 17.2. The predicted octanol–water partition coefficient (Wildman–Crippen LogP) is 1.84. The first-order chi connectivity index (χ1) is 4.12. The van der Waals surface area contributed by atoms with Crippen LogP contribution in [0.5, 0.6) is 0 Å². The Bertz CT molecular complexity index is 119. The van der Waals surface area contributed by atoms with Crippen LogP contribution in [0.1, 0.15) is 13.3 Å². The van der Waals surface area contributed by atoms with E-state index in [1.165, 1.54) is 18.5 Å². The lowest BCUT2D eigenvalue weighted by Crippen LogP contribution is -1.92. The topological polar surface area (TPSA) is 52.3 Å². The van der Waals surface area contributed by atoms with Gasteiger partial charge >= 0.3 is 6.72 Å². The highest BCUT2D eigenvalue weighted by Crippen LogP contribution is 2.51. The molecule has 0 aliphatic heterocycles. The van der Waals surface area contributed by atoms with Gasteiger partial charge in [-0.25, -0.2) is 0 Å². The van der Waals surface area contributed by atoms with Crippen molar-refractivity contribution < 1.29 is 9.09 Å². The average molecular weight is 169 g/mol. The molecular weight excluding hydrogens is 157 g/mol. The van der Waals surface area contributed by atoms with E-state index in [0.717, 1.165) is 12.2 Å². The zero-order chi connectivity index (χ0) is 7.33. The molecule has 0 aromatic carbocycles. The maximum atomic E-state index is 10.9. The van der Waals surface area contributed by atoms with Crippen molar-refractivity contribution >= 4 is 18.1 Å². The lowest BCUT2D eigenvalue weighted by atomic mass is 10.6. The Morgan fingerprint density at radius 1 is 1.78 bits per heavy atom. The van der Waals surface area contributed by atoms with Crippen LogP contribution in [0.4, 0.5) is 0 Å². The Morgan fingerprint density at radius 3 is 2.67 bits per heavy atom. The number of nitrogens with two attached hydrogens (primary N) is 1. The van der Waals surface area contributed by atoms with E-state index in [-0.39, 0.29) is 0 Å². The average Bonchev–Trinajstić information content (AvgIpc) is 1.84. The summed E-state index contributed by atoms with van der Waals surface area (Å²) >= 11 is 1.19. The van der Waals surface area contributed by atoms with Crippen LogP contribution in [0.3, 0.4) is 0 Å². The molecule has 0 rings (SSSR count). The van der Waals surface area contributed by atoms with Crippen LogP contribution in [0.15, 0.2) is 0 Å². The van der Waals surface area contributed by atoms with Crippen LogP contribution in [0, 0.1) is 0 Å². The Kier molecular flexibility index (Phi) is 4.58. The molecule has 1 unspecified atom stereocenters. The quantitative estimate of drug-likeness (QED) is 0.652. The third kappa shape index (κ3) is 4.97. The molecule has 5 heteroatoms. The molecule has 0 saturated heterocycles. The Balaban J connectivity index is 3.46. The van der Waals surface area contributed by atoms with Gasteiger partial charge in [-0.05, 0) is 6.42 Å². The molecule has 0 radical (unpaired) electrons. The fourth-order valence-electron chi connectivity index (χ4n) is 0.271. The molecule has 0 fully saturated rings. The molecule has 0 aliphatic rings. The molecule has 0 bridgehead atoms. The van der Waals surface area contributed by atoms with Crippen molar-refractivity contribution in [3.63, 3.8) is 0 Å². The Labute approximate surface area is 59.6 Å². The lowest BCUT2D eigenvalue weighted by molar-refractivity contribution is 0.410. The molecule has 2 N–H and O–H groups in total. The van der Waals surface area contributed by atoms with Gasteiger partial charge in [-0.1, -0.05) is 18.3 Å². The van der Waals surface area contributed by atoms with Crippen molar-refractivity contribution in [2.45, 2.75) is 13.3 Å². The van der Waals surface area contributed by atoms with Gasteiger partial charge in [0.15, 0.2) is 0 Å². The zero-order valence-corrected chi connectivity index (χ0v) is 7.37. The Morgan fingerprint density at radius 2 is 2.33 bits per heavy atom. The number of rotatable bonds is 4. The van der Waals surface area contributed by atoms with Crippen LogP contribution in [-0.2, 0) is 9.09 Å². The summed E-state index contributed by atoms with van der Waals surface area (Å²) in [5.74, 6) is 0.793. The molecule has 0 aromatic rings. The monoisotopic (exact) mass is 169 g/mol. The first kappa shape index (κ1) is 9.50. The van der Waals surface area contributed by atoms with E-state index in [2.05, 4.69) is 4.52 Å². The maximum Gasteiger partial charge on any atom is 0.323 e. The van der Waals surface area contributed by atoms with Crippen LogP contribution in [0.2, 0.25) is 0 Å². The summed E-state index contributed by atoms with van der Waals surface area (Å²) in [6.45, 7) is -0.771. The zero-order valence-electron chi connectivity index (χ0n) is 5.66. The summed E-state index contributed by atoms with van der Waals surface area (Å²) in [4.78, 5) is 0. The minimum atomic E-state index is -2.77. The summed E-state index contributed by atoms with van der Waals surface area (Å²) in [7, 11) is 1.36. The summed E-state index contributed by atoms with van der Waals surface area (Å²) in [5, 5.41) is 0. The highest BCUT2D eigenvalue weighted by Gasteiger charge is 2.13. The van der Waals surface area contributed by atoms with E-state index in [9.17, 15) is 4.57 Å². The summed E-state index contributed by atoms with van der Waals surface area (Å²) < 4.78 is 15.4. The van der Waals surface area contributed by atoms with Gasteiger partial charge < -0.3 is 4.52 Å². The van der Waals surface area contributed by atoms with Crippen molar-refractivity contribution in [3.8, 4) is 0 Å². The van der Waals surface area contributed by atoms with Crippen LogP contribution in [-0.4, -0.2) is 12.9 Å². The molecule has 0 spiro atoms. The predicted molar refractivity (Wildman–Crippen MR) is 41.6 cm³/mol. The molecule has 1 atom stereocenters. The molecule has 56 valence electrons.